The van der Waals surface area contributed by atoms with E-state index in [2.05, 4.69) is 19.2 Å². The molecule has 5 heteroatoms. The third-order valence-electron chi connectivity index (χ3n) is 2.37. The van der Waals surface area contributed by atoms with Gasteiger partial charge in [0.25, 0.3) is 0 Å². The molecule has 0 aromatic heterocycles. The van der Waals surface area contributed by atoms with Crippen LogP contribution < -0.4 is 11.1 Å². The molecule has 0 saturated heterocycles. The fourth-order valence-corrected chi connectivity index (χ4v) is 1.30. The molecule has 0 radical (unpaired) electrons. The van der Waals surface area contributed by atoms with Crippen molar-refractivity contribution in [3.8, 4) is 0 Å². The number of nitrogens with one attached hydrogen (secondary N) is 1. The fourth-order valence-electron chi connectivity index (χ4n) is 1.30. The normalized spacial score (nSPS) is 11.0. The topological polar surface area (TPSA) is 73.6 Å². The first-order valence-electron chi connectivity index (χ1n) is 7.85. The van der Waals surface area contributed by atoms with E-state index in [0.717, 1.165) is 25.1 Å². The summed E-state index contributed by atoms with van der Waals surface area (Å²) in [5, 5.41) is 3.11. The number of ketones is 1. The molecule has 0 aliphatic heterocycles. The Hall–Kier alpha value is -1.07. The van der Waals surface area contributed by atoms with Gasteiger partial charge in [0, 0.05) is 18.4 Å². The van der Waals surface area contributed by atoms with Crippen molar-refractivity contribution in [2.45, 2.75) is 47.5 Å². The molecule has 126 valence electrons. The van der Waals surface area contributed by atoms with Gasteiger partial charge >= 0.3 is 0 Å². The zero-order valence-corrected chi connectivity index (χ0v) is 14.4. The first-order valence-corrected chi connectivity index (χ1v) is 7.85. The highest BCUT2D eigenvalue weighted by Gasteiger charge is 1.96. The molecule has 0 fully saturated rings. The average molecular weight is 302 g/mol. The lowest BCUT2D eigenvalue weighted by atomic mass is 10.1. The third-order valence-corrected chi connectivity index (χ3v) is 2.37. The zero-order chi connectivity index (χ0) is 16.5. The molecule has 0 amide bonds. The van der Waals surface area contributed by atoms with Crippen LogP contribution in [0.25, 0.3) is 0 Å². The van der Waals surface area contributed by atoms with Crippen molar-refractivity contribution >= 4 is 5.78 Å². The summed E-state index contributed by atoms with van der Waals surface area (Å²) < 4.78 is 10.4. The lowest BCUT2D eigenvalue weighted by Crippen LogP contribution is -2.18. The van der Waals surface area contributed by atoms with Gasteiger partial charge in [-0.1, -0.05) is 27.7 Å². The molecule has 0 aliphatic carbocycles. The maximum Gasteiger partial charge on any atom is 0.155 e. The van der Waals surface area contributed by atoms with Crippen molar-refractivity contribution in [2.24, 2.45) is 11.7 Å². The lowest BCUT2D eigenvalue weighted by Gasteiger charge is -2.07. The number of carbonyl (C=O) groups is 1. The summed E-state index contributed by atoms with van der Waals surface area (Å²) in [5.74, 6) is 0.703. The maximum atomic E-state index is 10.6. The van der Waals surface area contributed by atoms with Crippen molar-refractivity contribution in [1.82, 2.24) is 5.32 Å². The first kappa shape index (κ1) is 22.2. The van der Waals surface area contributed by atoms with Crippen LogP contribution in [-0.4, -0.2) is 38.8 Å². The van der Waals surface area contributed by atoms with Crippen LogP contribution in [-0.2, 0) is 14.3 Å². The van der Waals surface area contributed by atoms with Crippen LogP contribution in [0.1, 0.15) is 47.5 Å². The van der Waals surface area contributed by atoms with E-state index in [0.29, 0.717) is 25.7 Å². The van der Waals surface area contributed by atoms with Crippen LogP contribution in [0.2, 0.25) is 0 Å². The quantitative estimate of drug-likeness (QED) is 0.542. The summed E-state index contributed by atoms with van der Waals surface area (Å²) >= 11 is 0. The van der Waals surface area contributed by atoms with E-state index in [1.54, 1.807) is 0 Å². The van der Waals surface area contributed by atoms with Gasteiger partial charge in [-0.15, -0.1) is 0 Å². The molecule has 0 aromatic carbocycles. The fraction of sp³-hybridized carbons (Fsp3) is 0.812. The van der Waals surface area contributed by atoms with E-state index in [1.165, 1.54) is 6.92 Å². The largest absolute Gasteiger partial charge is 0.401 e. The Bertz CT molecular complexity index is 266. The van der Waals surface area contributed by atoms with E-state index in [1.807, 2.05) is 20.0 Å². The van der Waals surface area contributed by atoms with Gasteiger partial charge in [0.05, 0.1) is 19.8 Å². The second kappa shape index (κ2) is 17.0. The monoisotopic (exact) mass is 302 g/mol. The smallest absolute Gasteiger partial charge is 0.155 e. The highest BCUT2D eigenvalue weighted by Crippen LogP contribution is 2.06. The minimum atomic E-state index is 0.0312. The van der Waals surface area contributed by atoms with Crippen LogP contribution >= 0.6 is 0 Å². The van der Waals surface area contributed by atoms with Crippen molar-refractivity contribution in [1.29, 1.82) is 0 Å². The number of hydrogen-bond acceptors (Lipinski definition) is 5. The molecule has 0 unspecified atom stereocenters. The Balaban J connectivity index is 0. The molecule has 3 N–H and O–H groups in total. The van der Waals surface area contributed by atoms with Crippen LogP contribution in [0.3, 0.4) is 0 Å². The van der Waals surface area contributed by atoms with E-state index in [9.17, 15) is 4.79 Å². The van der Waals surface area contributed by atoms with Gasteiger partial charge in [-0.3, -0.25) is 4.79 Å². The number of ether oxygens (including phenoxy) is 2. The van der Waals surface area contributed by atoms with Gasteiger partial charge in [0.15, 0.2) is 5.78 Å². The summed E-state index contributed by atoms with van der Waals surface area (Å²) in [6.45, 7) is 12.3. The molecule has 5 nitrogen and oxygen atoms in total. The van der Waals surface area contributed by atoms with E-state index in [4.69, 9.17) is 15.2 Å². The maximum absolute atomic E-state index is 10.6. The van der Waals surface area contributed by atoms with Crippen LogP contribution in [0.15, 0.2) is 11.9 Å². The second-order valence-corrected chi connectivity index (χ2v) is 4.97. The Morgan fingerprint density at radius 2 is 1.81 bits per heavy atom. The van der Waals surface area contributed by atoms with Gasteiger partial charge in [0.2, 0.25) is 0 Å². The number of hydrogen-bond donors (Lipinski definition) is 2. The molecule has 0 atom stereocenters. The summed E-state index contributed by atoms with van der Waals surface area (Å²) in [6.07, 6.45) is 3.87. The minimum absolute atomic E-state index is 0.0312. The number of carbonyl (C=O) groups excluding carboxylic acids is 1. The Labute approximate surface area is 130 Å². The van der Waals surface area contributed by atoms with Crippen molar-refractivity contribution in [3.05, 3.63) is 11.9 Å². The van der Waals surface area contributed by atoms with Crippen molar-refractivity contribution in [3.63, 3.8) is 0 Å². The Kier molecular flexibility index (Phi) is 18.0. The Morgan fingerprint density at radius 1 is 1.19 bits per heavy atom. The van der Waals surface area contributed by atoms with Gasteiger partial charge < -0.3 is 20.5 Å². The predicted molar refractivity (Wildman–Crippen MR) is 88.0 cm³/mol. The summed E-state index contributed by atoms with van der Waals surface area (Å²) in [6, 6.07) is 0. The number of rotatable bonds is 12. The van der Waals surface area contributed by atoms with E-state index in [-0.39, 0.29) is 12.4 Å². The average Bonchev–Trinajstić information content (AvgIpc) is 2.45. The lowest BCUT2D eigenvalue weighted by molar-refractivity contribution is -0.121. The Morgan fingerprint density at radius 3 is 2.38 bits per heavy atom. The van der Waals surface area contributed by atoms with Gasteiger partial charge in [-0.25, -0.2) is 0 Å². The van der Waals surface area contributed by atoms with E-state index < -0.39 is 0 Å². The molecule has 0 aliphatic rings. The molecule has 0 heterocycles. The molecule has 0 rings (SSSR count). The molecular formula is C16H34N2O3. The summed E-state index contributed by atoms with van der Waals surface area (Å²) in [4.78, 5) is 10.6. The highest BCUT2D eigenvalue weighted by atomic mass is 16.5. The van der Waals surface area contributed by atoms with Gasteiger partial charge in [-0.05, 0) is 25.7 Å². The van der Waals surface area contributed by atoms with Gasteiger partial charge in [-0.2, -0.15) is 0 Å². The molecule has 0 aromatic rings. The SMILES string of the molecule is CC.CC(=O)COCCOCCN/C=C(\N)CCC(C)C. The van der Waals surface area contributed by atoms with Crippen LogP contribution in [0.4, 0.5) is 0 Å². The van der Waals surface area contributed by atoms with Crippen LogP contribution in [0, 0.1) is 5.92 Å². The number of Topliss-reactive ketones (excluding diaryl/α,β-unsaturated/α-hetero) is 1. The summed E-state index contributed by atoms with van der Waals surface area (Å²) in [7, 11) is 0. The van der Waals surface area contributed by atoms with Crippen LogP contribution in [0.5, 0.6) is 0 Å². The molecule has 0 spiro atoms. The summed E-state index contributed by atoms with van der Waals surface area (Å²) in [5.41, 5.74) is 6.71. The van der Waals surface area contributed by atoms with Gasteiger partial charge in [0.1, 0.15) is 6.61 Å². The zero-order valence-electron chi connectivity index (χ0n) is 14.4. The molecule has 0 bridgehead atoms. The first-order chi connectivity index (χ1) is 10.0. The number of allylic oxidation sites excluding steroid dienone is 1. The molecule has 21 heavy (non-hydrogen) atoms. The van der Waals surface area contributed by atoms with Crippen molar-refractivity contribution in [2.75, 3.05) is 33.0 Å². The molecule has 0 saturated carbocycles. The minimum Gasteiger partial charge on any atom is -0.401 e. The second-order valence-electron chi connectivity index (χ2n) is 4.97. The predicted octanol–water partition coefficient (Wildman–Crippen LogP) is 2.46. The molecular weight excluding hydrogens is 268 g/mol. The standard InChI is InChI=1S/C14H28N2O3.C2H6/c1-12(2)4-5-14(15)10-16-6-7-18-8-9-19-11-13(3)17;1-2/h10,12,16H,4-9,11,15H2,1-3H3;1-2H3/b14-10-;. The third kappa shape index (κ3) is 21.4. The number of nitrogens with two attached hydrogens (primary N) is 1. The van der Waals surface area contributed by atoms with E-state index >= 15 is 0 Å². The highest BCUT2D eigenvalue weighted by molar-refractivity contribution is 5.76. The van der Waals surface area contributed by atoms with Crippen molar-refractivity contribution < 1.29 is 14.3 Å².